The molecule has 1 atom stereocenters. The minimum absolute atomic E-state index is 0.0513. The van der Waals surface area contributed by atoms with Gasteiger partial charge in [-0.1, -0.05) is 17.3 Å². The van der Waals surface area contributed by atoms with Gasteiger partial charge in [-0.15, -0.1) is 0 Å². The zero-order chi connectivity index (χ0) is 22.7. The molecule has 8 nitrogen and oxygen atoms in total. The molecule has 0 saturated carbocycles. The number of nitrogens with zero attached hydrogens (tertiary/aromatic N) is 3. The maximum Gasteiger partial charge on any atom is 0.253 e. The second kappa shape index (κ2) is 9.58. The van der Waals surface area contributed by atoms with Crippen LogP contribution in [0.2, 0.25) is 0 Å². The minimum Gasteiger partial charge on any atom is -0.497 e. The summed E-state index contributed by atoms with van der Waals surface area (Å²) in [6, 6.07) is 11.8. The number of methoxy groups -OCH3 is 1. The fraction of sp³-hybridized carbons (Fsp3) is 0.417. The Morgan fingerprint density at radius 2 is 1.88 bits per heavy atom. The third-order valence-electron chi connectivity index (χ3n) is 5.96. The predicted molar refractivity (Wildman–Crippen MR) is 121 cm³/mol. The highest BCUT2D eigenvalue weighted by molar-refractivity contribution is 5.95. The fourth-order valence-electron chi connectivity index (χ4n) is 4.26. The Morgan fingerprint density at radius 1 is 1.16 bits per heavy atom. The summed E-state index contributed by atoms with van der Waals surface area (Å²) in [7, 11) is 1.66. The van der Waals surface area contributed by atoms with E-state index in [1.165, 1.54) is 0 Å². The van der Waals surface area contributed by atoms with E-state index >= 15 is 0 Å². The summed E-state index contributed by atoms with van der Waals surface area (Å²) >= 11 is 0. The topological polar surface area (TPSA) is 81.8 Å². The lowest BCUT2D eigenvalue weighted by molar-refractivity contribution is 0.0162. The largest absolute Gasteiger partial charge is 0.497 e. The van der Waals surface area contributed by atoms with Crippen molar-refractivity contribution in [2.75, 3.05) is 40.0 Å². The van der Waals surface area contributed by atoms with Crippen molar-refractivity contribution < 1.29 is 18.8 Å². The van der Waals surface area contributed by atoms with E-state index in [0.29, 0.717) is 31.1 Å². The van der Waals surface area contributed by atoms with Gasteiger partial charge in [-0.3, -0.25) is 14.3 Å². The molecule has 0 aliphatic carbocycles. The Bertz CT molecular complexity index is 1060. The number of benzene rings is 1. The van der Waals surface area contributed by atoms with Crippen molar-refractivity contribution in [3.05, 3.63) is 64.7 Å². The van der Waals surface area contributed by atoms with Gasteiger partial charge in [-0.25, -0.2) is 0 Å². The molecule has 1 aromatic carbocycles. The van der Waals surface area contributed by atoms with E-state index in [1.54, 1.807) is 7.11 Å². The quantitative estimate of drug-likeness (QED) is 0.610. The molecule has 0 spiro atoms. The molecule has 0 radical (unpaired) electrons. The molecule has 1 saturated heterocycles. The van der Waals surface area contributed by atoms with Crippen LogP contribution >= 0.6 is 0 Å². The first-order valence-corrected chi connectivity index (χ1v) is 10.8. The van der Waals surface area contributed by atoms with Crippen LogP contribution in [-0.4, -0.2) is 60.5 Å². The van der Waals surface area contributed by atoms with Gasteiger partial charge in [0.1, 0.15) is 11.5 Å². The number of carbonyl (C=O) groups is 1. The van der Waals surface area contributed by atoms with E-state index < -0.39 is 0 Å². The smallest absolute Gasteiger partial charge is 0.253 e. The number of nitrogens with one attached hydrogen (secondary N) is 1. The van der Waals surface area contributed by atoms with Crippen molar-refractivity contribution in [2.45, 2.75) is 26.8 Å². The predicted octanol–water partition coefficient (Wildman–Crippen LogP) is 3.20. The standard InChI is InChI=1S/C24H30N4O4/c1-16-13-21(18(3)28(16)23-14-17(2)32-26-23)24(29)25-15-22(27-9-11-31-12-10-27)19-5-7-20(30-4)8-6-19/h5-8,13-14,22H,9-12,15H2,1-4H3,(H,25,29)/t22-/m0/s1. The van der Waals surface area contributed by atoms with Crippen molar-refractivity contribution in [3.63, 3.8) is 0 Å². The Morgan fingerprint density at radius 3 is 2.50 bits per heavy atom. The van der Waals surface area contributed by atoms with Gasteiger partial charge >= 0.3 is 0 Å². The molecule has 3 heterocycles. The first-order valence-electron chi connectivity index (χ1n) is 10.8. The van der Waals surface area contributed by atoms with Crippen molar-refractivity contribution >= 4 is 5.91 Å². The number of rotatable bonds is 7. The molecule has 1 fully saturated rings. The van der Waals surface area contributed by atoms with Crippen LogP contribution in [0.15, 0.2) is 40.9 Å². The molecule has 8 heteroatoms. The monoisotopic (exact) mass is 438 g/mol. The van der Waals surface area contributed by atoms with Crippen molar-refractivity contribution in [2.24, 2.45) is 0 Å². The SMILES string of the molecule is COc1ccc([C@H](CNC(=O)c2cc(C)n(-c3cc(C)on3)c2C)N2CCOCC2)cc1. The van der Waals surface area contributed by atoms with Crippen LogP contribution in [0.25, 0.3) is 5.82 Å². The highest BCUT2D eigenvalue weighted by Crippen LogP contribution is 2.25. The highest BCUT2D eigenvalue weighted by Gasteiger charge is 2.25. The van der Waals surface area contributed by atoms with E-state index in [2.05, 4.69) is 27.5 Å². The van der Waals surface area contributed by atoms with E-state index in [1.807, 2.05) is 49.6 Å². The lowest BCUT2D eigenvalue weighted by Gasteiger charge is -2.35. The summed E-state index contributed by atoms with van der Waals surface area (Å²) in [5, 5.41) is 7.25. The van der Waals surface area contributed by atoms with E-state index in [4.69, 9.17) is 14.0 Å². The Hall–Kier alpha value is -3.10. The van der Waals surface area contributed by atoms with Crippen LogP contribution < -0.4 is 10.1 Å². The Balaban J connectivity index is 1.53. The summed E-state index contributed by atoms with van der Waals surface area (Å²) in [5.74, 6) is 2.12. The van der Waals surface area contributed by atoms with E-state index in [-0.39, 0.29) is 11.9 Å². The van der Waals surface area contributed by atoms with Crippen LogP contribution in [0.3, 0.4) is 0 Å². The number of aryl methyl sites for hydroxylation is 2. The van der Waals surface area contributed by atoms with Gasteiger partial charge in [0.15, 0.2) is 5.82 Å². The molecular weight excluding hydrogens is 408 g/mol. The van der Waals surface area contributed by atoms with Crippen molar-refractivity contribution in [1.82, 2.24) is 19.9 Å². The number of morpholine rings is 1. The third-order valence-corrected chi connectivity index (χ3v) is 5.96. The van der Waals surface area contributed by atoms with Gasteiger partial charge in [0, 0.05) is 37.1 Å². The molecule has 32 heavy (non-hydrogen) atoms. The summed E-state index contributed by atoms with van der Waals surface area (Å²) in [6.45, 7) is 9.27. The summed E-state index contributed by atoms with van der Waals surface area (Å²) in [6.07, 6.45) is 0. The van der Waals surface area contributed by atoms with Gasteiger partial charge in [0.25, 0.3) is 5.91 Å². The first kappa shape index (κ1) is 22.1. The maximum atomic E-state index is 13.2. The Kier molecular flexibility index (Phi) is 6.62. The van der Waals surface area contributed by atoms with Crippen LogP contribution in [0.1, 0.15) is 39.1 Å². The molecule has 170 valence electrons. The van der Waals surface area contributed by atoms with E-state index in [9.17, 15) is 4.79 Å². The molecule has 1 N–H and O–H groups in total. The van der Waals surface area contributed by atoms with Crippen molar-refractivity contribution in [3.8, 4) is 11.6 Å². The number of hydrogen-bond donors (Lipinski definition) is 1. The number of hydrogen-bond acceptors (Lipinski definition) is 6. The lowest BCUT2D eigenvalue weighted by atomic mass is 10.0. The molecule has 1 amide bonds. The van der Waals surface area contributed by atoms with Gasteiger partial charge in [-0.2, -0.15) is 0 Å². The van der Waals surface area contributed by atoms with Gasteiger partial charge in [0.05, 0.1) is 31.9 Å². The van der Waals surface area contributed by atoms with Gasteiger partial charge in [-0.05, 0) is 44.5 Å². The average molecular weight is 439 g/mol. The van der Waals surface area contributed by atoms with Gasteiger partial charge in [0.2, 0.25) is 0 Å². The normalized spacial score (nSPS) is 15.5. The van der Waals surface area contributed by atoms with Gasteiger partial charge < -0.3 is 19.3 Å². The minimum atomic E-state index is -0.101. The number of ether oxygens (including phenoxy) is 2. The van der Waals surface area contributed by atoms with Crippen LogP contribution in [0.5, 0.6) is 5.75 Å². The zero-order valence-electron chi connectivity index (χ0n) is 19.1. The molecule has 4 rings (SSSR count). The fourth-order valence-corrected chi connectivity index (χ4v) is 4.26. The summed E-state index contributed by atoms with van der Waals surface area (Å²) in [5.41, 5.74) is 3.54. The summed E-state index contributed by atoms with van der Waals surface area (Å²) < 4.78 is 18.0. The second-order valence-electron chi connectivity index (χ2n) is 8.06. The molecule has 3 aromatic rings. The molecule has 0 unspecified atom stereocenters. The molecule has 1 aliphatic rings. The number of amides is 1. The maximum absolute atomic E-state index is 13.2. The van der Waals surface area contributed by atoms with E-state index in [0.717, 1.165) is 41.6 Å². The van der Waals surface area contributed by atoms with Crippen LogP contribution in [-0.2, 0) is 4.74 Å². The number of aromatic nitrogens is 2. The molecule has 0 bridgehead atoms. The third kappa shape index (κ3) is 4.56. The average Bonchev–Trinajstić information content (AvgIpc) is 3.36. The van der Waals surface area contributed by atoms with Crippen LogP contribution in [0.4, 0.5) is 0 Å². The molecule has 2 aromatic heterocycles. The highest BCUT2D eigenvalue weighted by atomic mass is 16.5. The lowest BCUT2D eigenvalue weighted by Crippen LogP contribution is -2.43. The van der Waals surface area contributed by atoms with Crippen LogP contribution in [0, 0.1) is 20.8 Å². The second-order valence-corrected chi connectivity index (χ2v) is 8.06. The Labute approximate surface area is 188 Å². The number of carbonyl (C=O) groups excluding carboxylic acids is 1. The zero-order valence-corrected chi connectivity index (χ0v) is 19.1. The summed E-state index contributed by atoms with van der Waals surface area (Å²) in [4.78, 5) is 15.5. The molecule has 1 aliphatic heterocycles. The molecular formula is C24H30N4O4. The van der Waals surface area contributed by atoms with Crippen molar-refractivity contribution in [1.29, 1.82) is 0 Å². The first-order chi connectivity index (χ1) is 15.5.